The van der Waals surface area contributed by atoms with Crippen LogP contribution < -0.4 is 15.5 Å². The van der Waals surface area contributed by atoms with Crippen LogP contribution in [0.1, 0.15) is 19.2 Å². The number of nitrogens with zero attached hydrogens (tertiary/aromatic N) is 5. The molecule has 0 saturated carbocycles. The maximum Gasteiger partial charge on any atom is 0.216 e. The van der Waals surface area contributed by atoms with Gasteiger partial charge in [-0.3, -0.25) is 5.10 Å². The molecule has 1 aliphatic heterocycles. The first-order valence-electron chi connectivity index (χ1n) is 9.58. The summed E-state index contributed by atoms with van der Waals surface area (Å²) < 4.78 is 19.3. The van der Waals surface area contributed by atoms with Gasteiger partial charge in [0, 0.05) is 31.9 Å². The number of hydrogen-bond acceptors (Lipinski definition) is 6. The Morgan fingerprint density at radius 1 is 1.41 bits per heavy atom. The van der Waals surface area contributed by atoms with Crippen molar-refractivity contribution in [3.8, 4) is 11.6 Å². The fourth-order valence-corrected chi connectivity index (χ4v) is 3.23. The minimum Gasteiger partial charge on any atom is -0.461 e. The van der Waals surface area contributed by atoms with Gasteiger partial charge in [-0.05, 0) is 37.6 Å². The summed E-state index contributed by atoms with van der Waals surface area (Å²) in [5.41, 5.74) is 0. The summed E-state index contributed by atoms with van der Waals surface area (Å²) in [5, 5.41) is 13.7. The van der Waals surface area contributed by atoms with Gasteiger partial charge in [-0.25, -0.2) is 19.4 Å². The number of H-pyrrole nitrogens is 1. The average molecular weight is 398 g/mol. The van der Waals surface area contributed by atoms with Crippen LogP contribution in [-0.2, 0) is 6.54 Å². The molecule has 1 aliphatic rings. The Hall–Kier alpha value is -3.43. The monoisotopic (exact) mass is 398 g/mol. The molecule has 3 aromatic rings. The number of anilines is 1. The fraction of sp³-hybridized carbons (Fsp3) is 0.368. The Morgan fingerprint density at radius 3 is 3.14 bits per heavy atom. The zero-order valence-electron chi connectivity index (χ0n) is 16.1. The lowest BCUT2D eigenvalue weighted by Gasteiger charge is -2.19. The minimum atomic E-state index is -0.300. The third-order valence-corrected chi connectivity index (χ3v) is 4.57. The standard InChI is InChI=1S/C19H23FN8O/c1-2-21-19(23-11-16-25-17(27-26-16)15-6-4-10-29-15)24-13-7-9-28(12-13)18-14(20)5-3-8-22-18/h3-6,8,10,13H,2,7,9,11-12H2,1H3,(H2,21,23,24)(H,25,26,27). The van der Waals surface area contributed by atoms with Gasteiger partial charge in [0.05, 0.1) is 6.26 Å². The van der Waals surface area contributed by atoms with Crippen LogP contribution in [0.15, 0.2) is 46.1 Å². The van der Waals surface area contributed by atoms with Crippen LogP contribution in [0.4, 0.5) is 10.2 Å². The van der Waals surface area contributed by atoms with Crippen LogP contribution in [0.25, 0.3) is 11.6 Å². The zero-order chi connectivity index (χ0) is 20.1. The summed E-state index contributed by atoms with van der Waals surface area (Å²) in [6.07, 6.45) is 4.06. The lowest BCUT2D eigenvalue weighted by Crippen LogP contribution is -2.44. The smallest absolute Gasteiger partial charge is 0.216 e. The van der Waals surface area contributed by atoms with Crippen LogP contribution >= 0.6 is 0 Å². The van der Waals surface area contributed by atoms with Crippen molar-refractivity contribution in [3.05, 3.63) is 48.4 Å². The molecule has 10 heteroatoms. The van der Waals surface area contributed by atoms with Crippen LogP contribution in [0.5, 0.6) is 0 Å². The van der Waals surface area contributed by atoms with Gasteiger partial charge in [-0.2, -0.15) is 0 Å². The maximum absolute atomic E-state index is 14.0. The molecule has 1 atom stereocenters. The molecule has 0 amide bonds. The van der Waals surface area contributed by atoms with Crippen molar-refractivity contribution in [2.45, 2.75) is 25.9 Å². The summed E-state index contributed by atoms with van der Waals surface area (Å²) in [6.45, 7) is 4.47. The third kappa shape index (κ3) is 4.53. The van der Waals surface area contributed by atoms with E-state index in [1.807, 2.05) is 11.8 Å². The summed E-state index contributed by atoms with van der Waals surface area (Å²) >= 11 is 0. The van der Waals surface area contributed by atoms with Crippen LogP contribution in [0.3, 0.4) is 0 Å². The molecule has 1 unspecified atom stereocenters. The van der Waals surface area contributed by atoms with Crippen LogP contribution in [-0.4, -0.2) is 51.8 Å². The van der Waals surface area contributed by atoms with E-state index in [-0.39, 0.29) is 11.9 Å². The number of guanidine groups is 1. The van der Waals surface area contributed by atoms with Crippen molar-refractivity contribution in [2.24, 2.45) is 4.99 Å². The first-order chi connectivity index (χ1) is 14.2. The Labute approximate surface area is 167 Å². The number of pyridine rings is 1. The molecule has 0 aliphatic carbocycles. The molecule has 0 bridgehead atoms. The predicted molar refractivity (Wildman–Crippen MR) is 107 cm³/mol. The van der Waals surface area contributed by atoms with Crippen molar-refractivity contribution in [3.63, 3.8) is 0 Å². The molecule has 1 saturated heterocycles. The second kappa shape index (κ2) is 8.72. The summed E-state index contributed by atoms with van der Waals surface area (Å²) in [5.74, 6) is 2.52. The van der Waals surface area contributed by atoms with Crippen molar-refractivity contribution in [2.75, 3.05) is 24.5 Å². The van der Waals surface area contributed by atoms with Crippen LogP contribution in [0, 0.1) is 5.82 Å². The van der Waals surface area contributed by atoms with E-state index in [9.17, 15) is 4.39 Å². The number of nitrogens with one attached hydrogen (secondary N) is 3. The molecule has 0 spiro atoms. The second-order valence-corrected chi connectivity index (χ2v) is 6.66. The molecule has 0 aromatic carbocycles. The third-order valence-electron chi connectivity index (χ3n) is 4.57. The van der Waals surface area contributed by atoms with E-state index in [2.05, 4.69) is 35.8 Å². The molecule has 152 valence electrons. The van der Waals surface area contributed by atoms with Gasteiger partial charge in [-0.1, -0.05) is 0 Å². The molecule has 1 fully saturated rings. The van der Waals surface area contributed by atoms with E-state index < -0.39 is 0 Å². The van der Waals surface area contributed by atoms with Crippen molar-refractivity contribution in [1.29, 1.82) is 0 Å². The quantitative estimate of drug-likeness (QED) is 0.430. The van der Waals surface area contributed by atoms with Gasteiger partial charge in [0.25, 0.3) is 0 Å². The van der Waals surface area contributed by atoms with Crippen molar-refractivity contribution in [1.82, 2.24) is 30.8 Å². The molecule has 0 radical (unpaired) electrons. The highest BCUT2D eigenvalue weighted by Crippen LogP contribution is 2.20. The van der Waals surface area contributed by atoms with E-state index in [1.165, 1.54) is 6.07 Å². The van der Waals surface area contributed by atoms with E-state index >= 15 is 0 Å². The fourth-order valence-electron chi connectivity index (χ4n) is 3.23. The molecular weight excluding hydrogens is 375 g/mol. The number of aromatic nitrogens is 4. The zero-order valence-corrected chi connectivity index (χ0v) is 16.1. The number of aromatic amines is 1. The number of rotatable bonds is 6. The average Bonchev–Trinajstić information content (AvgIpc) is 3.48. The van der Waals surface area contributed by atoms with E-state index in [4.69, 9.17) is 4.42 Å². The topological polar surface area (TPSA) is 107 Å². The highest BCUT2D eigenvalue weighted by atomic mass is 19.1. The lowest BCUT2D eigenvalue weighted by molar-refractivity contribution is 0.577. The van der Waals surface area contributed by atoms with E-state index in [1.54, 1.807) is 30.7 Å². The number of hydrogen-bond donors (Lipinski definition) is 3. The number of aliphatic imine (C=N–C) groups is 1. The normalized spacial score (nSPS) is 17.0. The van der Waals surface area contributed by atoms with Crippen molar-refractivity contribution < 1.29 is 8.81 Å². The molecule has 3 aromatic heterocycles. The van der Waals surface area contributed by atoms with Gasteiger partial charge in [-0.15, -0.1) is 5.10 Å². The van der Waals surface area contributed by atoms with Gasteiger partial charge in [0.1, 0.15) is 12.4 Å². The minimum absolute atomic E-state index is 0.141. The first-order valence-corrected chi connectivity index (χ1v) is 9.58. The van der Waals surface area contributed by atoms with E-state index in [0.717, 1.165) is 19.5 Å². The largest absolute Gasteiger partial charge is 0.461 e. The predicted octanol–water partition coefficient (Wildman–Crippen LogP) is 1.93. The Kier molecular flexibility index (Phi) is 5.68. The second-order valence-electron chi connectivity index (χ2n) is 6.66. The van der Waals surface area contributed by atoms with Gasteiger partial charge >= 0.3 is 0 Å². The molecule has 9 nitrogen and oxygen atoms in total. The number of furan rings is 1. The Bertz CT molecular complexity index is 955. The maximum atomic E-state index is 14.0. The van der Waals surface area contributed by atoms with Crippen LogP contribution in [0.2, 0.25) is 0 Å². The van der Waals surface area contributed by atoms with Crippen molar-refractivity contribution >= 4 is 11.8 Å². The molecule has 4 rings (SSSR count). The SMILES string of the molecule is CCNC(=NCc1nc(-c2ccco2)n[nH]1)NC1CCN(c2ncccc2F)C1. The van der Waals surface area contributed by atoms with Gasteiger partial charge < -0.3 is 20.0 Å². The highest BCUT2D eigenvalue weighted by molar-refractivity contribution is 5.80. The first kappa shape index (κ1) is 18.9. The Balaban J connectivity index is 1.37. The highest BCUT2D eigenvalue weighted by Gasteiger charge is 2.26. The summed E-state index contributed by atoms with van der Waals surface area (Å²) in [7, 11) is 0. The molecule has 29 heavy (non-hydrogen) atoms. The summed E-state index contributed by atoms with van der Waals surface area (Å²) in [6, 6.07) is 6.77. The molecule has 3 N–H and O–H groups in total. The Morgan fingerprint density at radius 2 is 2.34 bits per heavy atom. The lowest BCUT2D eigenvalue weighted by atomic mass is 10.3. The summed E-state index contributed by atoms with van der Waals surface area (Å²) in [4.78, 5) is 15.1. The molecular formula is C19H23FN8O. The number of halogens is 1. The van der Waals surface area contributed by atoms with Gasteiger partial charge in [0.2, 0.25) is 5.82 Å². The van der Waals surface area contributed by atoms with Gasteiger partial charge in [0.15, 0.2) is 23.4 Å². The van der Waals surface area contributed by atoms with E-state index in [0.29, 0.717) is 42.3 Å². The molecule has 4 heterocycles.